The third kappa shape index (κ3) is 4.65. The van der Waals surface area contributed by atoms with E-state index in [-0.39, 0.29) is 23.8 Å². The number of thiazole rings is 1. The minimum atomic E-state index is -0.300. The Hall–Kier alpha value is -3.26. The van der Waals surface area contributed by atoms with Gasteiger partial charge in [-0.15, -0.1) is 11.3 Å². The van der Waals surface area contributed by atoms with Crippen LogP contribution >= 0.6 is 11.3 Å². The molecule has 0 radical (unpaired) electrons. The molecule has 2 aromatic carbocycles. The van der Waals surface area contributed by atoms with E-state index in [4.69, 9.17) is 0 Å². The van der Waals surface area contributed by atoms with Gasteiger partial charge in [0.05, 0.1) is 5.01 Å². The van der Waals surface area contributed by atoms with Crippen LogP contribution in [0.5, 0.6) is 0 Å². The molecule has 1 aliphatic rings. The average molecular weight is 425 g/mol. The highest BCUT2D eigenvalue weighted by Gasteiger charge is 2.23. The number of aromatic nitrogens is 1. The number of benzene rings is 2. The second-order valence-corrected chi connectivity index (χ2v) is 8.26. The molecule has 0 saturated heterocycles. The van der Waals surface area contributed by atoms with Crippen molar-refractivity contribution in [3.8, 4) is 0 Å². The van der Waals surface area contributed by atoms with E-state index in [1.807, 2.05) is 12.3 Å². The third-order valence-electron chi connectivity index (χ3n) is 4.92. The smallest absolute Gasteiger partial charge is 0.322 e. The van der Waals surface area contributed by atoms with Crippen LogP contribution < -0.4 is 10.6 Å². The molecule has 3 aromatic rings. The summed E-state index contributed by atoms with van der Waals surface area (Å²) in [7, 11) is 0. The normalized spacial score (nSPS) is 13.6. The van der Waals surface area contributed by atoms with E-state index >= 15 is 0 Å². The molecule has 4 rings (SSSR count). The highest BCUT2D eigenvalue weighted by atomic mass is 32.1. The van der Waals surface area contributed by atoms with Crippen LogP contribution in [0.1, 0.15) is 33.4 Å². The van der Waals surface area contributed by atoms with Crippen LogP contribution in [-0.4, -0.2) is 27.9 Å². The number of carbonyl (C=O) groups is 2. The quantitative estimate of drug-likeness (QED) is 0.645. The van der Waals surface area contributed by atoms with Gasteiger partial charge in [-0.25, -0.2) is 14.2 Å². The molecule has 8 heteroatoms. The zero-order valence-corrected chi connectivity index (χ0v) is 17.2. The van der Waals surface area contributed by atoms with Crippen LogP contribution in [0.4, 0.5) is 14.9 Å². The minimum absolute atomic E-state index is 0.0373. The van der Waals surface area contributed by atoms with E-state index in [9.17, 15) is 14.0 Å². The molecular formula is C22H21FN4O2S. The van der Waals surface area contributed by atoms with E-state index in [0.29, 0.717) is 30.8 Å². The maximum Gasteiger partial charge on any atom is 0.322 e. The maximum atomic E-state index is 13.4. The van der Waals surface area contributed by atoms with Crippen LogP contribution in [-0.2, 0) is 19.5 Å². The molecule has 1 aliphatic heterocycles. The molecule has 0 aliphatic carbocycles. The van der Waals surface area contributed by atoms with E-state index in [0.717, 1.165) is 16.1 Å². The van der Waals surface area contributed by atoms with Crippen LogP contribution in [0.3, 0.4) is 0 Å². The molecule has 2 N–H and O–H groups in total. The van der Waals surface area contributed by atoms with E-state index in [1.54, 1.807) is 52.8 Å². The second kappa shape index (κ2) is 8.62. The van der Waals surface area contributed by atoms with Crippen LogP contribution in [0.2, 0.25) is 0 Å². The van der Waals surface area contributed by atoms with E-state index in [1.165, 1.54) is 12.1 Å². The fraction of sp³-hybridized carbons (Fsp3) is 0.227. The fourth-order valence-electron chi connectivity index (χ4n) is 3.39. The Morgan fingerprint density at radius 2 is 1.93 bits per heavy atom. The minimum Gasteiger partial charge on any atom is -0.349 e. The lowest BCUT2D eigenvalue weighted by molar-refractivity contribution is 0.0940. The van der Waals surface area contributed by atoms with Gasteiger partial charge >= 0.3 is 6.03 Å². The number of hydrogen-bond donors (Lipinski definition) is 2. The van der Waals surface area contributed by atoms with Crippen molar-refractivity contribution < 1.29 is 14.0 Å². The fourth-order valence-corrected chi connectivity index (χ4v) is 4.13. The molecule has 1 unspecified atom stereocenters. The Balaban J connectivity index is 1.31. The Kier molecular flexibility index (Phi) is 5.76. The van der Waals surface area contributed by atoms with Crippen molar-refractivity contribution in [2.75, 3.05) is 5.32 Å². The van der Waals surface area contributed by atoms with Crippen molar-refractivity contribution >= 4 is 29.0 Å². The molecule has 1 atom stereocenters. The van der Waals surface area contributed by atoms with Gasteiger partial charge in [0.25, 0.3) is 5.91 Å². The van der Waals surface area contributed by atoms with E-state index < -0.39 is 0 Å². The number of urea groups is 1. The Morgan fingerprint density at radius 1 is 1.17 bits per heavy atom. The summed E-state index contributed by atoms with van der Waals surface area (Å²) in [5.74, 6) is -0.472. The first-order chi connectivity index (χ1) is 14.5. The van der Waals surface area contributed by atoms with Crippen molar-refractivity contribution in [3.05, 3.63) is 81.6 Å². The lowest BCUT2D eigenvalue weighted by Crippen LogP contribution is -2.34. The van der Waals surface area contributed by atoms with E-state index in [2.05, 4.69) is 15.6 Å². The van der Waals surface area contributed by atoms with Crippen LogP contribution in [0, 0.1) is 5.82 Å². The molecular weight excluding hydrogens is 403 g/mol. The Morgan fingerprint density at radius 3 is 2.67 bits per heavy atom. The van der Waals surface area contributed by atoms with Gasteiger partial charge in [0.2, 0.25) is 0 Å². The first-order valence-electron chi connectivity index (χ1n) is 9.60. The summed E-state index contributed by atoms with van der Waals surface area (Å²) in [6, 6.07) is 11.0. The summed E-state index contributed by atoms with van der Waals surface area (Å²) >= 11 is 1.56. The van der Waals surface area contributed by atoms with Gasteiger partial charge in [-0.2, -0.15) is 0 Å². The first kappa shape index (κ1) is 20.0. The molecule has 30 heavy (non-hydrogen) atoms. The van der Waals surface area contributed by atoms with Crippen LogP contribution in [0.25, 0.3) is 0 Å². The summed E-state index contributed by atoms with van der Waals surface area (Å²) in [5, 5.41) is 8.67. The van der Waals surface area contributed by atoms with Gasteiger partial charge in [0.1, 0.15) is 5.82 Å². The van der Waals surface area contributed by atoms with Crippen molar-refractivity contribution in [2.45, 2.75) is 32.5 Å². The Labute approximate surface area is 177 Å². The number of amides is 3. The number of carbonyl (C=O) groups excluding carboxylic acids is 2. The third-order valence-corrected chi connectivity index (χ3v) is 5.72. The molecule has 1 aromatic heterocycles. The number of nitrogens with zero attached hydrogens (tertiary/aromatic N) is 2. The zero-order chi connectivity index (χ0) is 21.1. The lowest BCUT2D eigenvalue weighted by atomic mass is 10.1. The highest BCUT2D eigenvalue weighted by Crippen LogP contribution is 2.24. The topological polar surface area (TPSA) is 74.3 Å². The van der Waals surface area contributed by atoms with Gasteiger partial charge in [0, 0.05) is 48.4 Å². The van der Waals surface area contributed by atoms with Gasteiger partial charge in [0.15, 0.2) is 0 Å². The van der Waals surface area contributed by atoms with Crippen molar-refractivity contribution in [2.24, 2.45) is 0 Å². The highest BCUT2D eigenvalue weighted by molar-refractivity contribution is 7.09. The summed E-state index contributed by atoms with van der Waals surface area (Å²) in [4.78, 5) is 30.8. The SMILES string of the molecule is CC(Cc1nccs1)NC(=O)c1ccc(NC(=O)N2Cc3ccc(F)cc3C2)cc1. The zero-order valence-electron chi connectivity index (χ0n) is 16.4. The standard InChI is InChI=1S/C22H21FN4O2S/c1-14(10-20-24-8-9-30-20)25-21(28)15-3-6-19(7-4-15)26-22(29)27-12-16-2-5-18(23)11-17(16)13-27/h2-9,11,14H,10,12-13H2,1H3,(H,25,28)(H,26,29). The summed E-state index contributed by atoms with van der Waals surface area (Å²) in [6.45, 7) is 2.75. The first-order valence-corrected chi connectivity index (χ1v) is 10.5. The predicted molar refractivity (Wildman–Crippen MR) is 114 cm³/mol. The van der Waals surface area contributed by atoms with Gasteiger partial charge in [-0.1, -0.05) is 6.07 Å². The molecule has 0 bridgehead atoms. The number of halogens is 1. The van der Waals surface area contributed by atoms with Gasteiger partial charge < -0.3 is 15.5 Å². The lowest BCUT2D eigenvalue weighted by Gasteiger charge is -2.17. The number of fused-ring (bicyclic) bond motifs is 1. The summed E-state index contributed by atoms with van der Waals surface area (Å²) in [6.07, 6.45) is 2.43. The summed E-state index contributed by atoms with van der Waals surface area (Å²) < 4.78 is 13.4. The monoisotopic (exact) mass is 424 g/mol. The number of hydrogen-bond acceptors (Lipinski definition) is 4. The maximum absolute atomic E-state index is 13.4. The number of rotatable bonds is 5. The van der Waals surface area contributed by atoms with Crippen molar-refractivity contribution in [1.29, 1.82) is 0 Å². The molecule has 154 valence electrons. The Bertz CT molecular complexity index is 1050. The average Bonchev–Trinajstić information content (AvgIpc) is 3.37. The van der Waals surface area contributed by atoms with Crippen molar-refractivity contribution in [3.63, 3.8) is 0 Å². The predicted octanol–water partition coefficient (Wildman–Crippen LogP) is 4.19. The van der Waals surface area contributed by atoms with Gasteiger partial charge in [-0.05, 0) is 54.4 Å². The molecule has 0 saturated carbocycles. The van der Waals surface area contributed by atoms with Gasteiger partial charge in [-0.3, -0.25) is 4.79 Å². The number of nitrogens with one attached hydrogen (secondary N) is 2. The summed E-state index contributed by atoms with van der Waals surface area (Å²) in [5.41, 5.74) is 2.88. The van der Waals surface area contributed by atoms with Crippen LogP contribution in [0.15, 0.2) is 54.0 Å². The second-order valence-electron chi connectivity index (χ2n) is 7.28. The molecule has 2 heterocycles. The molecule has 6 nitrogen and oxygen atoms in total. The molecule has 0 spiro atoms. The van der Waals surface area contributed by atoms with Crippen molar-refractivity contribution in [1.82, 2.24) is 15.2 Å². The molecule has 3 amide bonds. The largest absolute Gasteiger partial charge is 0.349 e. The number of anilines is 1. The molecule has 0 fully saturated rings.